The highest BCUT2D eigenvalue weighted by atomic mass is 35.5. The van der Waals surface area contributed by atoms with Crippen LogP contribution in [0.4, 0.5) is 10.1 Å². The monoisotopic (exact) mass is 338 g/mol. The van der Waals surface area contributed by atoms with Crippen molar-refractivity contribution in [2.75, 3.05) is 25.5 Å². The molecule has 0 radical (unpaired) electrons. The zero-order valence-corrected chi connectivity index (χ0v) is 12.9. The summed E-state index contributed by atoms with van der Waals surface area (Å²) in [5.74, 6) is -1.03. The highest BCUT2D eigenvalue weighted by Crippen LogP contribution is 2.29. The van der Waals surface area contributed by atoms with Gasteiger partial charge < -0.3 is 15.6 Å². The number of ether oxygens (including phenoxy) is 1. The lowest BCUT2D eigenvalue weighted by Gasteiger charge is -2.36. The molecule has 1 fully saturated rings. The predicted molar refractivity (Wildman–Crippen MR) is 76.0 cm³/mol. The SMILES string of the molecule is CC1COC(CO)CN1S(=O)(=O)c1cc(Cl)cc(N)c1F. The van der Waals surface area contributed by atoms with E-state index in [0.29, 0.717) is 0 Å². The van der Waals surface area contributed by atoms with Crippen LogP contribution in [-0.4, -0.2) is 49.7 Å². The smallest absolute Gasteiger partial charge is 0.246 e. The summed E-state index contributed by atoms with van der Waals surface area (Å²) < 4.78 is 45.7. The predicted octanol–water partition coefficient (Wildman–Crippen LogP) is 0.832. The Balaban J connectivity index is 2.46. The van der Waals surface area contributed by atoms with Crippen molar-refractivity contribution in [3.8, 4) is 0 Å². The lowest BCUT2D eigenvalue weighted by atomic mass is 10.2. The minimum absolute atomic E-state index is 0.0343. The summed E-state index contributed by atoms with van der Waals surface area (Å²) in [6.45, 7) is 1.36. The van der Waals surface area contributed by atoms with Crippen LogP contribution in [0.1, 0.15) is 6.92 Å². The molecular weight excluding hydrogens is 323 g/mol. The van der Waals surface area contributed by atoms with Gasteiger partial charge in [0.15, 0.2) is 5.82 Å². The maximum Gasteiger partial charge on any atom is 0.246 e. The number of sulfonamides is 1. The first kappa shape index (κ1) is 16.4. The lowest BCUT2D eigenvalue weighted by molar-refractivity contribution is -0.0516. The summed E-state index contributed by atoms with van der Waals surface area (Å²) in [5.41, 5.74) is 5.10. The molecule has 0 saturated carbocycles. The van der Waals surface area contributed by atoms with Crippen molar-refractivity contribution in [2.45, 2.75) is 24.0 Å². The van der Waals surface area contributed by atoms with Gasteiger partial charge in [-0.15, -0.1) is 0 Å². The molecule has 118 valence electrons. The number of nitrogens with two attached hydrogens (primary N) is 1. The molecule has 2 atom stereocenters. The highest BCUT2D eigenvalue weighted by molar-refractivity contribution is 7.89. The summed E-state index contributed by atoms with van der Waals surface area (Å²) in [5, 5.41) is 9.15. The van der Waals surface area contributed by atoms with Crippen LogP contribution < -0.4 is 5.73 Å². The normalized spacial score (nSPS) is 24.2. The van der Waals surface area contributed by atoms with Crippen LogP contribution in [0.2, 0.25) is 5.02 Å². The molecule has 1 aromatic rings. The number of hydrogen-bond acceptors (Lipinski definition) is 5. The van der Waals surface area contributed by atoms with E-state index in [1.165, 1.54) is 0 Å². The van der Waals surface area contributed by atoms with E-state index >= 15 is 0 Å². The number of rotatable bonds is 3. The van der Waals surface area contributed by atoms with Gasteiger partial charge in [-0.1, -0.05) is 11.6 Å². The Bertz CT molecular complexity index is 640. The van der Waals surface area contributed by atoms with Crippen molar-refractivity contribution in [1.29, 1.82) is 0 Å². The molecule has 1 aromatic carbocycles. The van der Waals surface area contributed by atoms with Gasteiger partial charge in [0, 0.05) is 17.6 Å². The van der Waals surface area contributed by atoms with Crippen molar-refractivity contribution in [1.82, 2.24) is 4.31 Å². The first-order valence-electron chi connectivity index (χ1n) is 6.26. The van der Waals surface area contributed by atoms with Gasteiger partial charge >= 0.3 is 0 Å². The molecule has 3 N–H and O–H groups in total. The Kier molecular flexibility index (Phi) is 4.74. The number of aliphatic hydroxyl groups excluding tert-OH is 1. The number of hydrogen-bond donors (Lipinski definition) is 2. The molecule has 0 bridgehead atoms. The van der Waals surface area contributed by atoms with Crippen LogP contribution in [0.3, 0.4) is 0 Å². The summed E-state index contributed by atoms with van der Waals surface area (Å²) in [6.07, 6.45) is -0.643. The molecule has 2 rings (SSSR count). The lowest BCUT2D eigenvalue weighted by Crippen LogP contribution is -2.52. The third-order valence-corrected chi connectivity index (χ3v) is 5.47. The number of nitrogens with zero attached hydrogens (tertiary/aromatic N) is 1. The average molecular weight is 339 g/mol. The number of aliphatic hydroxyl groups is 1. The fourth-order valence-corrected chi connectivity index (χ4v) is 4.20. The van der Waals surface area contributed by atoms with Crippen LogP contribution in [-0.2, 0) is 14.8 Å². The molecule has 1 aliphatic heterocycles. The minimum atomic E-state index is -4.13. The molecule has 21 heavy (non-hydrogen) atoms. The second-order valence-corrected chi connectivity index (χ2v) is 7.16. The topological polar surface area (TPSA) is 92.9 Å². The van der Waals surface area contributed by atoms with Crippen LogP contribution >= 0.6 is 11.6 Å². The molecule has 2 unspecified atom stereocenters. The molecule has 0 aromatic heterocycles. The first-order chi connectivity index (χ1) is 9.77. The number of benzene rings is 1. The van der Waals surface area contributed by atoms with Crippen molar-refractivity contribution in [2.24, 2.45) is 0 Å². The van der Waals surface area contributed by atoms with E-state index < -0.39 is 32.9 Å². The van der Waals surface area contributed by atoms with Gasteiger partial charge in [-0.25, -0.2) is 12.8 Å². The Morgan fingerprint density at radius 1 is 1.57 bits per heavy atom. The largest absolute Gasteiger partial charge is 0.396 e. The molecular formula is C12H16ClFN2O4S. The van der Waals surface area contributed by atoms with E-state index in [2.05, 4.69) is 0 Å². The van der Waals surface area contributed by atoms with Gasteiger partial charge in [-0.3, -0.25) is 0 Å². The Labute approximate surface area is 127 Å². The van der Waals surface area contributed by atoms with E-state index in [0.717, 1.165) is 16.4 Å². The molecule has 1 aliphatic rings. The average Bonchev–Trinajstić information content (AvgIpc) is 2.43. The third kappa shape index (κ3) is 3.14. The fraction of sp³-hybridized carbons (Fsp3) is 0.500. The number of morpholine rings is 1. The standard InChI is InChI=1S/C12H16ClFN2O4S/c1-7-6-20-9(5-17)4-16(7)21(18,19)11-3-8(13)2-10(15)12(11)14/h2-3,7,9,17H,4-6,15H2,1H3. The first-order valence-corrected chi connectivity index (χ1v) is 8.08. The van der Waals surface area contributed by atoms with Gasteiger partial charge in [0.25, 0.3) is 0 Å². The van der Waals surface area contributed by atoms with Gasteiger partial charge in [0.2, 0.25) is 10.0 Å². The Morgan fingerprint density at radius 2 is 2.24 bits per heavy atom. The molecule has 0 aliphatic carbocycles. The van der Waals surface area contributed by atoms with Gasteiger partial charge in [-0.2, -0.15) is 4.31 Å². The van der Waals surface area contributed by atoms with Crippen molar-refractivity contribution >= 4 is 27.3 Å². The van der Waals surface area contributed by atoms with Crippen LogP contribution in [0, 0.1) is 5.82 Å². The summed E-state index contributed by atoms with van der Waals surface area (Å²) in [4.78, 5) is -0.571. The van der Waals surface area contributed by atoms with Gasteiger partial charge in [0.1, 0.15) is 4.90 Å². The quantitative estimate of drug-likeness (QED) is 0.796. The molecule has 9 heteroatoms. The maximum absolute atomic E-state index is 14.1. The second-order valence-electron chi connectivity index (χ2n) is 4.87. The van der Waals surface area contributed by atoms with Crippen LogP contribution in [0.5, 0.6) is 0 Å². The highest BCUT2D eigenvalue weighted by Gasteiger charge is 2.37. The Hall–Kier alpha value is -0.930. The van der Waals surface area contributed by atoms with E-state index in [-0.39, 0.29) is 30.5 Å². The summed E-state index contributed by atoms with van der Waals surface area (Å²) in [6, 6.07) is 1.69. The molecule has 0 amide bonds. The van der Waals surface area contributed by atoms with Gasteiger partial charge in [0.05, 0.1) is 25.0 Å². The number of anilines is 1. The maximum atomic E-state index is 14.1. The van der Waals surface area contributed by atoms with Crippen molar-refractivity contribution in [3.05, 3.63) is 23.0 Å². The van der Waals surface area contributed by atoms with E-state index in [9.17, 15) is 12.8 Å². The van der Waals surface area contributed by atoms with Gasteiger partial charge in [-0.05, 0) is 19.1 Å². The molecule has 1 heterocycles. The zero-order valence-electron chi connectivity index (χ0n) is 11.3. The second kappa shape index (κ2) is 6.05. The zero-order chi connectivity index (χ0) is 15.8. The van der Waals surface area contributed by atoms with E-state index in [1.807, 2.05) is 0 Å². The van der Waals surface area contributed by atoms with Crippen LogP contribution in [0.25, 0.3) is 0 Å². The molecule has 0 spiro atoms. The number of nitrogen functional groups attached to an aromatic ring is 1. The van der Waals surface area contributed by atoms with Crippen LogP contribution in [0.15, 0.2) is 17.0 Å². The molecule has 1 saturated heterocycles. The summed E-state index contributed by atoms with van der Waals surface area (Å²) in [7, 11) is -4.13. The van der Waals surface area contributed by atoms with E-state index in [4.69, 9.17) is 27.2 Å². The number of halogens is 2. The minimum Gasteiger partial charge on any atom is -0.396 e. The van der Waals surface area contributed by atoms with Crippen molar-refractivity contribution in [3.63, 3.8) is 0 Å². The van der Waals surface area contributed by atoms with E-state index in [1.54, 1.807) is 6.92 Å². The Morgan fingerprint density at radius 3 is 2.86 bits per heavy atom. The van der Waals surface area contributed by atoms with Crippen molar-refractivity contribution < 1.29 is 22.7 Å². The fourth-order valence-electron chi connectivity index (χ4n) is 2.14. The summed E-state index contributed by atoms with van der Waals surface area (Å²) >= 11 is 5.77. The third-order valence-electron chi connectivity index (χ3n) is 3.27. The molecule has 6 nitrogen and oxygen atoms in total.